The monoisotopic (exact) mass is 825 g/mol. The van der Waals surface area contributed by atoms with E-state index in [1.807, 2.05) is 18.2 Å². The minimum Gasteiger partial charge on any atom is -0.309 e. The van der Waals surface area contributed by atoms with Crippen molar-refractivity contribution in [1.82, 2.24) is 14.5 Å². The van der Waals surface area contributed by atoms with Crippen LogP contribution in [0.2, 0.25) is 0 Å². The van der Waals surface area contributed by atoms with Gasteiger partial charge in [-0.05, 0) is 90.6 Å². The van der Waals surface area contributed by atoms with Crippen LogP contribution in [0.4, 0.5) is 0 Å². The van der Waals surface area contributed by atoms with Crippen LogP contribution in [-0.4, -0.2) is 14.5 Å². The number of nitrogens with zero attached hydrogens (tertiary/aromatic N) is 3. The molecule has 0 aliphatic rings. The maximum Gasteiger partial charge on any atom is 0.160 e. The highest BCUT2D eigenvalue weighted by Gasteiger charge is 2.23. The van der Waals surface area contributed by atoms with Gasteiger partial charge in [0.2, 0.25) is 0 Å². The Hall–Kier alpha value is -8.66. The van der Waals surface area contributed by atoms with Crippen LogP contribution in [0.25, 0.3) is 127 Å². The van der Waals surface area contributed by atoms with Crippen molar-refractivity contribution in [3.63, 3.8) is 0 Å². The molecule has 0 saturated carbocycles. The Morgan fingerprint density at radius 3 is 1.26 bits per heavy atom. The molecule has 13 rings (SSSR count). The van der Waals surface area contributed by atoms with Gasteiger partial charge in [-0.2, -0.15) is 0 Å². The van der Waals surface area contributed by atoms with Gasteiger partial charge in [-0.1, -0.05) is 206 Å². The van der Waals surface area contributed by atoms with Gasteiger partial charge in [-0.25, -0.2) is 9.97 Å². The van der Waals surface area contributed by atoms with Crippen molar-refractivity contribution in [2.45, 2.75) is 0 Å². The van der Waals surface area contributed by atoms with Crippen LogP contribution < -0.4 is 0 Å². The molecule has 0 atom stereocenters. The van der Waals surface area contributed by atoms with E-state index < -0.39 is 0 Å². The van der Waals surface area contributed by atoms with Gasteiger partial charge in [0.15, 0.2) is 5.82 Å². The van der Waals surface area contributed by atoms with Crippen LogP contribution in [-0.2, 0) is 0 Å². The molecule has 0 saturated heterocycles. The predicted octanol–water partition coefficient (Wildman–Crippen LogP) is 16.5. The van der Waals surface area contributed by atoms with Crippen molar-refractivity contribution >= 4 is 65.0 Å². The second kappa shape index (κ2) is 15.0. The fraction of sp³-hybridized carbons (Fsp3) is 0. The second-order valence-corrected chi connectivity index (χ2v) is 16.8. The molecule has 65 heavy (non-hydrogen) atoms. The summed E-state index contributed by atoms with van der Waals surface area (Å²) >= 11 is 0. The van der Waals surface area contributed by atoms with Crippen LogP contribution in [0.1, 0.15) is 0 Å². The Morgan fingerprint density at radius 1 is 0.277 bits per heavy atom. The number of benzene rings is 11. The number of fused-ring (bicyclic) bond motifs is 9. The first-order valence-corrected chi connectivity index (χ1v) is 22.2. The van der Waals surface area contributed by atoms with E-state index in [-0.39, 0.29) is 0 Å². The van der Waals surface area contributed by atoms with Crippen molar-refractivity contribution in [2.75, 3.05) is 0 Å². The molecule has 302 valence electrons. The third-order valence-electron chi connectivity index (χ3n) is 13.2. The molecule has 2 heterocycles. The summed E-state index contributed by atoms with van der Waals surface area (Å²) in [4.78, 5) is 10.4. The number of hydrogen-bond donors (Lipinski definition) is 0. The molecule has 0 N–H and O–H groups in total. The van der Waals surface area contributed by atoms with Gasteiger partial charge in [0.25, 0.3) is 0 Å². The van der Waals surface area contributed by atoms with E-state index >= 15 is 0 Å². The van der Waals surface area contributed by atoms with Gasteiger partial charge < -0.3 is 4.57 Å². The first-order valence-electron chi connectivity index (χ1n) is 22.2. The van der Waals surface area contributed by atoms with Crippen molar-refractivity contribution in [2.24, 2.45) is 0 Å². The van der Waals surface area contributed by atoms with Crippen molar-refractivity contribution < 1.29 is 0 Å². The molecular formula is C62H39N3. The molecule has 0 aliphatic heterocycles. The molecule has 0 amide bonds. The molecule has 3 nitrogen and oxygen atoms in total. The molecule has 0 spiro atoms. The predicted molar refractivity (Wildman–Crippen MR) is 274 cm³/mol. The molecule has 11 aromatic carbocycles. The normalized spacial score (nSPS) is 11.7. The third kappa shape index (κ3) is 5.97. The van der Waals surface area contributed by atoms with E-state index in [1.54, 1.807) is 0 Å². The summed E-state index contributed by atoms with van der Waals surface area (Å²) in [5.74, 6) is 0.720. The van der Waals surface area contributed by atoms with E-state index in [0.29, 0.717) is 0 Å². The summed E-state index contributed by atoms with van der Waals surface area (Å²) in [5.41, 5.74) is 14.5. The zero-order chi connectivity index (χ0) is 42.8. The van der Waals surface area contributed by atoms with Gasteiger partial charge in [0.1, 0.15) is 0 Å². The summed E-state index contributed by atoms with van der Waals surface area (Å²) in [5, 5.41) is 10.9. The first kappa shape index (κ1) is 36.9. The minimum absolute atomic E-state index is 0.720. The standard InChI is InChI=1S/C62H39N3/c1-5-19-40(20-6-1)52-38-57-59(50-31-17-14-28-47(50)52)60-51-32-18-15-29-48(51)53(41-21-7-2-8-22-41)39-58(60)65(57)56-36-34-45(46-27-13-16-30-49(46)56)44-33-35-55-54(37-44)61(42-23-9-3-10-24-42)64-62(63-55)43-25-11-4-12-26-43/h1-39H. The van der Waals surface area contributed by atoms with Crippen LogP contribution in [0.15, 0.2) is 237 Å². The van der Waals surface area contributed by atoms with Gasteiger partial charge in [-0.3, -0.25) is 0 Å². The molecule has 2 aromatic heterocycles. The van der Waals surface area contributed by atoms with Crippen molar-refractivity contribution in [1.29, 1.82) is 0 Å². The number of rotatable bonds is 6. The zero-order valence-corrected chi connectivity index (χ0v) is 35.4. The topological polar surface area (TPSA) is 30.7 Å². The highest BCUT2D eigenvalue weighted by atomic mass is 15.0. The average Bonchev–Trinajstić information content (AvgIpc) is 3.72. The van der Waals surface area contributed by atoms with Crippen molar-refractivity contribution in [3.8, 4) is 61.7 Å². The lowest BCUT2D eigenvalue weighted by molar-refractivity contribution is 1.20. The number of hydrogen-bond acceptors (Lipinski definition) is 2. The Labute approximate surface area is 376 Å². The summed E-state index contributed by atoms with van der Waals surface area (Å²) in [6, 6.07) is 85.4. The fourth-order valence-corrected chi connectivity index (χ4v) is 10.3. The third-order valence-corrected chi connectivity index (χ3v) is 13.2. The van der Waals surface area contributed by atoms with Gasteiger partial charge >= 0.3 is 0 Å². The minimum atomic E-state index is 0.720. The fourth-order valence-electron chi connectivity index (χ4n) is 10.3. The van der Waals surface area contributed by atoms with E-state index in [0.717, 1.165) is 50.4 Å². The Kier molecular flexibility index (Phi) is 8.53. The van der Waals surface area contributed by atoms with Crippen LogP contribution in [0.3, 0.4) is 0 Å². The molecule has 0 bridgehead atoms. The quantitative estimate of drug-likeness (QED) is 0.167. The lowest BCUT2D eigenvalue weighted by atomic mass is 9.92. The summed E-state index contributed by atoms with van der Waals surface area (Å²) in [7, 11) is 0. The van der Waals surface area contributed by atoms with Gasteiger partial charge in [0.05, 0.1) is 27.9 Å². The summed E-state index contributed by atoms with van der Waals surface area (Å²) in [6.07, 6.45) is 0. The Balaban J connectivity index is 1.11. The smallest absolute Gasteiger partial charge is 0.160 e. The lowest BCUT2D eigenvalue weighted by Gasteiger charge is -2.17. The molecule has 0 unspecified atom stereocenters. The highest BCUT2D eigenvalue weighted by molar-refractivity contribution is 6.32. The average molecular weight is 826 g/mol. The summed E-state index contributed by atoms with van der Waals surface area (Å²) in [6.45, 7) is 0. The summed E-state index contributed by atoms with van der Waals surface area (Å²) < 4.78 is 2.54. The molecule has 0 radical (unpaired) electrons. The van der Waals surface area contributed by atoms with Crippen LogP contribution in [0.5, 0.6) is 0 Å². The molecule has 0 aliphatic carbocycles. The molecule has 3 heteroatoms. The van der Waals surface area contributed by atoms with Crippen LogP contribution >= 0.6 is 0 Å². The second-order valence-electron chi connectivity index (χ2n) is 16.8. The first-order chi connectivity index (χ1) is 32.3. The number of aromatic nitrogens is 3. The van der Waals surface area contributed by atoms with Gasteiger partial charge in [-0.15, -0.1) is 0 Å². The molecular weight excluding hydrogens is 787 g/mol. The van der Waals surface area contributed by atoms with Crippen molar-refractivity contribution in [3.05, 3.63) is 237 Å². The van der Waals surface area contributed by atoms with E-state index in [1.165, 1.54) is 76.4 Å². The maximum atomic E-state index is 5.23. The lowest BCUT2D eigenvalue weighted by Crippen LogP contribution is -1.98. The highest BCUT2D eigenvalue weighted by Crippen LogP contribution is 2.47. The van der Waals surface area contributed by atoms with E-state index in [2.05, 4.69) is 223 Å². The Morgan fingerprint density at radius 2 is 0.723 bits per heavy atom. The maximum absolute atomic E-state index is 5.23. The molecule has 13 aromatic rings. The van der Waals surface area contributed by atoms with E-state index in [4.69, 9.17) is 9.97 Å². The van der Waals surface area contributed by atoms with Crippen LogP contribution in [0, 0.1) is 0 Å². The molecule has 0 fully saturated rings. The van der Waals surface area contributed by atoms with Gasteiger partial charge in [0, 0.05) is 32.7 Å². The largest absolute Gasteiger partial charge is 0.309 e. The van der Waals surface area contributed by atoms with E-state index in [9.17, 15) is 0 Å². The SMILES string of the molecule is c1ccc(-c2nc(-c3ccccc3)c3cc(-c4ccc(-n5c6cc(-c7ccccc7)c7ccccc7c6c6c7ccccc7c(-c7ccccc7)cc65)c5ccccc45)ccc3n2)cc1. The Bertz CT molecular complexity index is 3830. The zero-order valence-electron chi connectivity index (χ0n) is 35.4.